The zero-order valence-electron chi connectivity index (χ0n) is 14.4. The van der Waals surface area contributed by atoms with E-state index in [2.05, 4.69) is 5.32 Å². The van der Waals surface area contributed by atoms with Crippen LogP contribution in [0.3, 0.4) is 0 Å². The van der Waals surface area contributed by atoms with Crippen LogP contribution in [0.4, 0.5) is 11.4 Å². The second-order valence-corrected chi connectivity index (χ2v) is 5.69. The van der Waals surface area contributed by atoms with Crippen LogP contribution in [0.15, 0.2) is 54.6 Å². The number of allylic oxidation sites excluding steroid dienone is 1. The molecule has 0 heterocycles. The zero-order valence-corrected chi connectivity index (χ0v) is 14.4. The van der Waals surface area contributed by atoms with Crippen molar-refractivity contribution < 1.29 is 14.7 Å². The summed E-state index contributed by atoms with van der Waals surface area (Å²) in [5.74, 6) is -0.247. The third-order valence-electron chi connectivity index (χ3n) is 3.69. The SMILES string of the molecule is CC(=O)Nc1ccc(C(=O)/C=C/c2ccc(N(C)CCO)cc2)cc1. The lowest BCUT2D eigenvalue weighted by Crippen LogP contribution is -2.20. The Morgan fingerprint density at radius 3 is 2.28 bits per heavy atom. The van der Waals surface area contributed by atoms with Crippen LogP contribution in [0.5, 0.6) is 0 Å². The Balaban J connectivity index is 2.00. The summed E-state index contributed by atoms with van der Waals surface area (Å²) in [6, 6.07) is 14.5. The molecule has 0 aromatic heterocycles. The topological polar surface area (TPSA) is 69.6 Å². The molecule has 2 aromatic rings. The van der Waals surface area contributed by atoms with Gasteiger partial charge < -0.3 is 15.3 Å². The summed E-state index contributed by atoms with van der Waals surface area (Å²) in [6.45, 7) is 2.12. The summed E-state index contributed by atoms with van der Waals surface area (Å²) in [5, 5.41) is 11.6. The molecule has 0 saturated carbocycles. The molecule has 0 bridgehead atoms. The van der Waals surface area contributed by atoms with Gasteiger partial charge in [0.05, 0.1) is 6.61 Å². The van der Waals surface area contributed by atoms with E-state index in [0.717, 1.165) is 11.3 Å². The first-order valence-corrected chi connectivity index (χ1v) is 8.01. The van der Waals surface area contributed by atoms with Gasteiger partial charge in [0.15, 0.2) is 5.78 Å². The normalized spacial score (nSPS) is 10.7. The van der Waals surface area contributed by atoms with Gasteiger partial charge in [-0.1, -0.05) is 18.2 Å². The summed E-state index contributed by atoms with van der Waals surface area (Å²) in [4.78, 5) is 25.1. The highest BCUT2D eigenvalue weighted by molar-refractivity contribution is 6.07. The quantitative estimate of drug-likeness (QED) is 0.601. The Morgan fingerprint density at radius 2 is 1.72 bits per heavy atom. The predicted octanol–water partition coefficient (Wildman–Crippen LogP) is 2.97. The van der Waals surface area contributed by atoms with Gasteiger partial charge in [-0.2, -0.15) is 0 Å². The highest BCUT2D eigenvalue weighted by Gasteiger charge is 2.03. The van der Waals surface area contributed by atoms with Crippen molar-refractivity contribution >= 4 is 29.1 Å². The van der Waals surface area contributed by atoms with E-state index in [1.165, 1.54) is 13.0 Å². The fourth-order valence-corrected chi connectivity index (χ4v) is 2.31. The molecule has 0 spiro atoms. The van der Waals surface area contributed by atoms with E-state index in [1.807, 2.05) is 36.2 Å². The predicted molar refractivity (Wildman–Crippen MR) is 101 cm³/mol. The first-order valence-electron chi connectivity index (χ1n) is 8.01. The lowest BCUT2D eigenvalue weighted by atomic mass is 10.1. The Morgan fingerprint density at radius 1 is 1.08 bits per heavy atom. The smallest absolute Gasteiger partial charge is 0.221 e. The minimum atomic E-state index is -0.146. The number of hydrogen-bond acceptors (Lipinski definition) is 4. The lowest BCUT2D eigenvalue weighted by Gasteiger charge is -2.17. The first-order chi connectivity index (χ1) is 12.0. The van der Waals surface area contributed by atoms with Crippen LogP contribution in [0, 0.1) is 0 Å². The largest absolute Gasteiger partial charge is 0.395 e. The average Bonchev–Trinajstić information content (AvgIpc) is 2.60. The van der Waals surface area contributed by atoms with E-state index >= 15 is 0 Å². The second-order valence-electron chi connectivity index (χ2n) is 5.69. The molecule has 0 aliphatic heterocycles. The van der Waals surface area contributed by atoms with Crippen molar-refractivity contribution in [3.05, 3.63) is 65.7 Å². The molecule has 130 valence electrons. The molecule has 0 aliphatic rings. The first kappa shape index (κ1) is 18.4. The molecule has 2 aromatic carbocycles. The van der Waals surface area contributed by atoms with Gasteiger partial charge in [-0.3, -0.25) is 9.59 Å². The number of carbonyl (C=O) groups is 2. The number of aliphatic hydroxyl groups is 1. The Hall–Kier alpha value is -2.92. The molecule has 5 heteroatoms. The molecule has 25 heavy (non-hydrogen) atoms. The van der Waals surface area contributed by atoms with E-state index in [4.69, 9.17) is 5.11 Å². The highest BCUT2D eigenvalue weighted by Crippen LogP contribution is 2.15. The molecule has 0 fully saturated rings. The van der Waals surface area contributed by atoms with Gasteiger partial charge in [0.2, 0.25) is 5.91 Å². The summed E-state index contributed by atoms with van der Waals surface area (Å²) < 4.78 is 0. The van der Waals surface area contributed by atoms with Gasteiger partial charge in [-0.15, -0.1) is 0 Å². The molecule has 0 aliphatic carbocycles. The number of nitrogens with zero attached hydrogens (tertiary/aromatic N) is 1. The van der Waals surface area contributed by atoms with Gasteiger partial charge in [-0.25, -0.2) is 0 Å². The summed E-state index contributed by atoms with van der Waals surface area (Å²) in [5.41, 5.74) is 3.15. The Labute approximate surface area is 147 Å². The summed E-state index contributed by atoms with van der Waals surface area (Å²) in [7, 11) is 1.91. The Kier molecular flexibility index (Phi) is 6.48. The van der Waals surface area contributed by atoms with E-state index in [9.17, 15) is 9.59 Å². The van der Waals surface area contributed by atoms with E-state index < -0.39 is 0 Å². The van der Waals surface area contributed by atoms with E-state index in [1.54, 1.807) is 30.3 Å². The number of carbonyl (C=O) groups excluding carboxylic acids is 2. The minimum Gasteiger partial charge on any atom is -0.395 e. The number of likely N-dealkylation sites (N-methyl/N-ethyl adjacent to an activating group) is 1. The second kappa shape index (κ2) is 8.80. The fourth-order valence-electron chi connectivity index (χ4n) is 2.31. The molecule has 1 amide bonds. The van der Waals surface area contributed by atoms with Gasteiger partial charge >= 0.3 is 0 Å². The Bertz CT molecular complexity index is 750. The molecule has 5 nitrogen and oxygen atoms in total. The van der Waals surface area contributed by atoms with Crippen molar-refractivity contribution in [1.29, 1.82) is 0 Å². The summed E-state index contributed by atoms with van der Waals surface area (Å²) in [6.07, 6.45) is 3.29. The monoisotopic (exact) mass is 338 g/mol. The van der Waals surface area contributed by atoms with E-state index in [0.29, 0.717) is 17.8 Å². The number of benzene rings is 2. The van der Waals surface area contributed by atoms with Crippen LogP contribution in [0.2, 0.25) is 0 Å². The highest BCUT2D eigenvalue weighted by atomic mass is 16.3. The van der Waals surface area contributed by atoms with Crippen molar-refractivity contribution in [2.75, 3.05) is 30.4 Å². The number of aliphatic hydroxyl groups excluding tert-OH is 1. The van der Waals surface area contributed by atoms with Crippen LogP contribution < -0.4 is 10.2 Å². The number of hydrogen-bond donors (Lipinski definition) is 2. The molecular weight excluding hydrogens is 316 g/mol. The number of rotatable bonds is 7. The van der Waals surface area contributed by atoms with Crippen molar-refractivity contribution in [2.45, 2.75) is 6.92 Å². The molecular formula is C20H22N2O3. The minimum absolute atomic E-state index is 0.101. The lowest BCUT2D eigenvalue weighted by molar-refractivity contribution is -0.114. The third-order valence-corrected chi connectivity index (χ3v) is 3.69. The van der Waals surface area contributed by atoms with Gasteiger partial charge in [0, 0.05) is 37.5 Å². The number of nitrogens with one attached hydrogen (secondary N) is 1. The van der Waals surface area contributed by atoms with Crippen molar-refractivity contribution in [1.82, 2.24) is 0 Å². The fraction of sp³-hybridized carbons (Fsp3) is 0.200. The molecule has 2 rings (SSSR count). The standard InChI is InChI=1S/C20H22N2O3/c1-15(24)21-18-8-6-17(7-9-18)20(25)12-5-16-3-10-19(11-4-16)22(2)13-14-23/h3-12,23H,13-14H2,1-2H3,(H,21,24)/b12-5+. The van der Waals surface area contributed by atoms with Gasteiger partial charge in [0.25, 0.3) is 0 Å². The number of anilines is 2. The van der Waals surface area contributed by atoms with Gasteiger partial charge in [-0.05, 0) is 48.0 Å². The molecule has 0 atom stereocenters. The molecule has 0 saturated heterocycles. The number of ketones is 1. The number of amides is 1. The molecule has 0 unspecified atom stereocenters. The van der Waals surface area contributed by atoms with Crippen LogP contribution in [0.25, 0.3) is 6.08 Å². The zero-order chi connectivity index (χ0) is 18.2. The van der Waals surface area contributed by atoms with Crippen molar-refractivity contribution in [3.8, 4) is 0 Å². The van der Waals surface area contributed by atoms with Crippen LogP contribution in [0.1, 0.15) is 22.8 Å². The third kappa shape index (κ3) is 5.58. The van der Waals surface area contributed by atoms with Crippen LogP contribution >= 0.6 is 0 Å². The van der Waals surface area contributed by atoms with Crippen molar-refractivity contribution in [2.24, 2.45) is 0 Å². The maximum atomic E-state index is 12.2. The van der Waals surface area contributed by atoms with Crippen LogP contribution in [-0.4, -0.2) is 37.0 Å². The average molecular weight is 338 g/mol. The molecule has 0 radical (unpaired) electrons. The summed E-state index contributed by atoms with van der Waals surface area (Å²) >= 11 is 0. The van der Waals surface area contributed by atoms with Crippen molar-refractivity contribution in [3.63, 3.8) is 0 Å². The van der Waals surface area contributed by atoms with Crippen LogP contribution in [-0.2, 0) is 4.79 Å². The maximum Gasteiger partial charge on any atom is 0.221 e. The molecule has 2 N–H and O–H groups in total. The maximum absolute atomic E-state index is 12.2. The van der Waals surface area contributed by atoms with Gasteiger partial charge in [0.1, 0.15) is 0 Å². The van der Waals surface area contributed by atoms with E-state index in [-0.39, 0.29) is 18.3 Å².